The minimum Gasteiger partial charge on any atom is -0.325 e. The van der Waals surface area contributed by atoms with E-state index in [2.05, 4.69) is 5.32 Å². The van der Waals surface area contributed by atoms with Gasteiger partial charge in [-0.15, -0.1) is 0 Å². The third-order valence-electron chi connectivity index (χ3n) is 4.61. The van der Waals surface area contributed by atoms with Gasteiger partial charge in [-0.1, -0.05) is 29.8 Å². The number of halogens is 1. The van der Waals surface area contributed by atoms with Crippen molar-refractivity contribution in [1.29, 1.82) is 0 Å². The van der Waals surface area contributed by atoms with Gasteiger partial charge in [0.2, 0.25) is 11.8 Å². The molecule has 1 saturated heterocycles. The Morgan fingerprint density at radius 1 is 1.12 bits per heavy atom. The molecule has 1 atom stereocenters. The molecule has 2 aromatic carbocycles. The number of aryl methyl sites for hydroxylation is 3. The Labute approximate surface area is 152 Å². The van der Waals surface area contributed by atoms with Gasteiger partial charge in [-0.25, -0.2) is 0 Å². The Morgan fingerprint density at radius 3 is 2.60 bits per heavy atom. The van der Waals surface area contributed by atoms with Crippen molar-refractivity contribution < 1.29 is 9.59 Å². The van der Waals surface area contributed by atoms with Gasteiger partial charge in [0.1, 0.15) is 0 Å². The zero-order valence-electron chi connectivity index (χ0n) is 14.6. The number of benzene rings is 2. The predicted octanol–water partition coefficient (Wildman–Crippen LogP) is 4.26. The van der Waals surface area contributed by atoms with Crippen LogP contribution < -0.4 is 10.2 Å². The predicted molar refractivity (Wildman–Crippen MR) is 101 cm³/mol. The second kappa shape index (κ2) is 6.89. The molecule has 1 N–H and O–H groups in total. The standard InChI is InChI=1S/C20H21ClN2O2/c1-12-4-5-14(3)18(8-12)23-11-15(9-19(23)24)20(25)22-17-10-16(21)7-6-13(17)2/h4-8,10,15H,9,11H2,1-3H3,(H,22,25). The zero-order chi connectivity index (χ0) is 18.1. The zero-order valence-corrected chi connectivity index (χ0v) is 15.4. The second-order valence-corrected chi connectivity index (χ2v) is 7.08. The third-order valence-corrected chi connectivity index (χ3v) is 4.84. The molecule has 1 aliphatic rings. The highest BCUT2D eigenvalue weighted by atomic mass is 35.5. The first kappa shape index (κ1) is 17.5. The summed E-state index contributed by atoms with van der Waals surface area (Å²) in [6.45, 7) is 6.28. The average Bonchev–Trinajstić information content (AvgIpc) is 2.95. The average molecular weight is 357 g/mol. The van der Waals surface area contributed by atoms with E-state index < -0.39 is 0 Å². The van der Waals surface area contributed by atoms with E-state index in [4.69, 9.17) is 11.6 Å². The Kier molecular flexibility index (Phi) is 4.82. The highest BCUT2D eigenvalue weighted by molar-refractivity contribution is 6.31. The van der Waals surface area contributed by atoms with Crippen LogP contribution in [0.1, 0.15) is 23.1 Å². The molecule has 25 heavy (non-hydrogen) atoms. The molecule has 1 unspecified atom stereocenters. The number of hydrogen-bond donors (Lipinski definition) is 1. The fourth-order valence-electron chi connectivity index (χ4n) is 3.09. The normalized spacial score (nSPS) is 17.0. The molecule has 0 aliphatic carbocycles. The summed E-state index contributed by atoms with van der Waals surface area (Å²) < 4.78 is 0. The Bertz CT molecular complexity index is 848. The molecule has 5 heteroatoms. The van der Waals surface area contributed by atoms with Crippen LogP contribution in [0.2, 0.25) is 5.02 Å². The summed E-state index contributed by atoms with van der Waals surface area (Å²) in [4.78, 5) is 26.8. The summed E-state index contributed by atoms with van der Waals surface area (Å²) in [5, 5.41) is 3.48. The van der Waals surface area contributed by atoms with Gasteiger partial charge in [0.15, 0.2) is 0 Å². The van der Waals surface area contributed by atoms with E-state index in [1.807, 2.05) is 45.0 Å². The topological polar surface area (TPSA) is 49.4 Å². The fraction of sp³-hybridized carbons (Fsp3) is 0.300. The van der Waals surface area contributed by atoms with Gasteiger partial charge in [0, 0.05) is 29.4 Å². The first-order valence-electron chi connectivity index (χ1n) is 8.30. The van der Waals surface area contributed by atoms with Crippen LogP contribution in [-0.4, -0.2) is 18.4 Å². The molecule has 1 fully saturated rings. The van der Waals surface area contributed by atoms with E-state index in [1.165, 1.54) is 0 Å². The molecular formula is C20H21ClN2O2. The Balaban J connectivity index is 1.77. The van der Waals surface area contributed by atoms with Gasteiger partial charge in [-0.3, -0.25) is 9.59 Å². The van der Waals surface area contributed by atoms with Crippen molar-refractivity contribution in [3.8, 4) is 0 Å². The molecule has 0 spiro atoms. The van der Waals surface area contributed by atoms with Gasteiger partial charge in [0.25, 0.3) is 0 Å². The molecule has 1 aliphatic heterocycles. The molecule has 0 saturated carbocycles. The van der Waals surface area contributed by atoms with Crippen LogP contribution in [0.25, 0.3) is 0 Å². The summed E-state index contributed by atoms with van der Waals surface area (Å²) >= 11 is 6.00. The molecule has 2 aromatic rings. The summed E-state index contributed by atoms with van der Waals surface area (Å²) in [6.07, 6.45) is 0.221. The van der Waals surface area contributed by atoms with Crippen molar-refractivity contribution in [1.82, 2.24) is 0 Å². The van der Waals surface area contributed by atoms with E-state index in [-0.39, 0.29) is 24.2 Å². The Hall–Kier alpha value is -2.33. The lowest BCUT2D eigenvalue weighted by Crippen LogP contribution is -2.28. The molecule has 1 heterocycles. The molecule has 4 nitrogen and oxygen atoms in total. The lowest BCUT2D eigenvalue weighted by Gasteiger charge is -2.20. The molecule has 3 rings (SSSR count). The second-order valence-electron chi connectivity index (χ2n) is 6.64. The van der Waals surface area contributed by atoms with E-state index in [9.17, 15) is 9.59 Å². The van der Waals surface area contributed by atoms with E-state index in [0.29, 0.717) is 17.3 Å². The van der Waals surface area contributed by atoms with Crippen molar-refractivity contribution in [3.05, 3.63) is 58.1 Å². The van der Waals surface area contributed by atoms with Gasteiger partial charge >= 0.3 is 0 Å². The highest BCUT2D eigenvalue weighted by Crippen LogP contribution is 2.30. The Morgan fingerprint density at radius 2 is 1.84 bits per heavy atom. The van der Waals surface area contributed by atoms with E-state index in [0.717, 1.165) is 22.4 Å². The third kappa shape index (κ3) is 3.69. The van der Waals surface area contributed by atoms with Crippen molar-refractivity contribution in [3.63, 3.8) is 0 Å². The molecule has 0 radical (unpaired) electrons. The van der Waals surface area contributed by atoms with E-state index >= 15 is 0 Å². The maximum atomic E-state index is 12.6. The largest absolute Gasteiger partial charge is 0.325 e. The van der Waals surface area contributed by atoms with Crippen LogP contribution in [0.15, 0.2) is 36.4 Å². The number of hydrogen-bond acceptors (Lipinski definition) is 2. The fourth-order valence-corrected chi connectivity index (χ4v) is 3.26. The summed E-state index contributed by atoms with van der Waals surface area (Å²) in [7, 11) is 0. The first-order valence-corrected chi connectivity index (χ1v) is 8.67. The lowest BCUT2D eigenvalue weighted by molar-refractivity contribution is -0.122. The summed E-state index contributed by atoms with van der Waals surface area (Å²) in [6, 6.07) is 11.4. The van der Waals surface area contributed by atoms with Crippen LogP contribution in [0.4, 0.5) is 11.4 Å². The molecule has 0 aromatic heterocycles. The van der Waals surface area contributed by atoms with Crippen molar-refractivity contribution in [2.75, 3.05) is 16.8 Å². The lowest BCUT2D eigenvalue weighted by atomic mass is 10.1. The monoisotopic (exact) mass is 356 g/mol. The van der Waals surface area contributed by atoms with Crippen molar-refractivity contribution in [2.45, 2.75) is 27.2 Å². The van der Waals surface area contributed by atoms with E-state index in [1.54, 1.807) is 17.0 Å². The number of carbonyl (C=O) groups excluding carboxylic acids is 2. The smallest absolute Gasteiger partial charge is 0.229 e. The molecule has 2 amide bonds. The van der Waals surface area contributed by atoms with Crippen LogP contribution >= 0.6 is 11.6 Å². The number of nitrogens with zero attached hydrogens (tertiary/aromatic N) is 1. The van der Waals surface area contributed by atoms with Crippen molar-refractivity contribution in [2.24, 2.45) is 5.92 Å². The summed E-state index contributed by atoms with van der Waals surface area (Å²) in [5.74, 6) is -0.533. The molecular weight excluding hydrogens is 336 g/mol. The van der Waals surface area contributed by atoms with Gasteiger partial charge < -0.3 is 10.2 Å². The number of carbonyl (C=O) groups is 2. The van der Waals surface area contributed by atoms with Crippen molar-refractivity contribution >= 4 is 34.8 Å². The van der Waals surface area contributed by atoms with Crippen LogP contribution in [0, 0.1) is 26.7 Å². The minimum atomic E-state index is -0.370. The number of amides is 2. The van der Waals surface area contributed by atoms with Gasteiger partial charge in [-0.05, 0) is 55.7 Å². The number of rotatable bonds is 3. The van der Waals surface area contributed by atoms with Gasteiger partial charge in [-0.2, -0.15) is 0 Å². The summed E-state index contributed by atoms with van der Waals surface area (Å²) in [5.41, 5.74) is 4.64. The maximum Gasteiger partial charge on any atom is 0.229 e. The number of nitrogens with one attached hydrogen (secondary N) is 1. The molecule has 130 valence electrons. The van der Waals surface area contributed by atoms with Gasteiger partial charge in [0.05, 0.1) is 5.92 Å². The number of anilines is 2. The molecule has 0 bridgehead atoms. The maximum absolute atomic E-state index is 12.6. The van der Waals surface area contributed by atoms with Crippen LogP contribution in [0.5, 0.6) is 0 Å². The van der Waals surface area contributed by atoms with Crippen LogP contribution in [0.3, 0.4) is 0 Å². The first-order chi connectivity index (χ1) is 11.8. The SMILES string of the molecule is Cc1ccc(C)c(N2CC(C(=O)Nc3cc(Cl)ccc3C)CC2=O)c1. The van der Waals surface area contributed by atoms with Crippen LogP contribution in [-0.2, 0) is 9.59 Å². The minimum absolute atomic E-state index is 0.0170. The highest BCUT2D eigenvalue weighted by Gasteiger charge is 2.35. The quantitative estimate of drug-likeness (QED) is 0.893.